The van der Waals surface area contributed by atoms with Crippen molar-refractivity contribution in [2.24, 2.45) is 0 Å². The van der Waals surface area contributed by atoms with E-state index in [9.17, 15) is 9.18 Å². The largest absolute Gasteiger partial charge is 0.308 e. The zero-order valence-corrected chi connectivity index (χ0v) is 13.4. The monoisotopic (exact) mass is 326 g/mol. The third-order valence-corrected chi connectivity index (χ3v) is 4.47. The van der Waals surface area contributed by atoms with Crippen molar-refractivity contribution in [3.63, 3.8) is 0 Å². The molecule has 0 aliphatic rings. The van der Waals surface area contributed by atoms with Crippen LogP contribution in [0.5, 0.6) is 0 Å². The van der Waals surface area contributed by atoms with Crippen molar-refractivity contribution in [3.8, 4) is 10.6 Å². The summed E-state index contributed by atoms with van der Waals surface area (Å²) in [6, 6.07) is 15.7. The van der Waals surface area contributed by atoms with E-state index in [1.165, 1.54) is 23.5 Å². The fourth-order valence-electron chi connectivity index (χ4n) is 2.28. The number of rotatable bonds is 4. The van der Waals surface area contributed by atoms with Gasteiger partial charge in [0.05, 0.1) is 6.20 Å². The smallest absolute Gasteiger partial charge is 0.269 e. The number of anilines is 1. The van der Waals surface area contributed by atoms with Crippen molar-refractivity contribution in [3.05, 3.63) is 71.5 Å². The summed E-state index contributed by atoms with van der Waals surface area (Å²) in [5.41, 5.74) is 1.66. The first-order chi connectivity index (χ1) is 11.2. The van der Waals surface area contributed by atoms with Crippen LogP contribution in [0.2, 0.25) is 0 Å². The van der Waals surface area contributed by atoms with Gasteiger partial charge in [-0.2, -0.15) is 0 Å². The normalized spacial score (nSPS) is 10.5. The highest BCUT2D eigenvalue weighted by Crippen LogP contribution is 2.27. The van der Waals surface area contributed by atoms with Crippen molar-refractivity contribution in [2.45, 2.75) is 6.92 Å². The molecular formula is C18H15FN2OS. The molecule has 1 heterocycles. The first-order valence-corrected chi connectivity index (χ1v) is 8.09. The van der Waals surface area contributed by atoms with Crippen molar-refractivity contribution >= 4 is 22.9 Å². The van der Waals surface area contributed by atoms with E-state index in [1.807, 2.05) is 37.3 Å². The Labute approximate surface area is 138 Å². The van der Waals surface area contributed by atoms with Crippen LogP contribution in [-0.2, 0) is 0 Å². The Morgan fingerprint density at radius 3 is 2.48 bits per heavy atom. The number of amides is 1. The topological polar surface area (TPSA) is 33.2 Å². The van der Waals surface area contributed by atoms with Crippen molar-refractivity contribution in [1.82, 2.24) is 4.98 Å². The number of carbonyl (C=O) groups excluding carboxylic acids is 1. The Morgan fingerprint density at radius 1 is 1.13 bits per heavy atom. The summed E-state index contributed by atoms with van der Waals surface area (Å²) in [5.74, 6) is -0.444. The summed E-state index contributed by atoms with van der Waals surface area (Å²) < 4.78 is 13.1. The summed E-state index contributed by atoms with van der Waals surface area (Å²) >= 11 is 1.36. The van der Waals surface area contributed by atoms with Gasteiger partial charge >= 0.3 is 0 Å². The first kappa shape index (κ1) is 15.4. The molecule has 116 valence electrons. The highest BCUT2D eigenvalue weighted by atomic mass is 32.1. The van der Waals surface area contributed by atoms with E-state index in [0.29, 0.717) is 17.1 Å². The maximum Gasteiger partial charge on any atom is 0.269 e. The van der Waals surface area contributed by atoms with E-state index in [2.05, 4.69) is 4.98 Å². The molecule has 3 nitrogen and oxygen atoms in total. The number of hydrogen-bond donors (Lipinski definition) is 0. The van der Waals surface area contributed by atoms with Crippen LogP contribution in [0.15, 0.2) is 60.8 Å². The molecular weight excluding hydrogens is 311 g/mol. The molecule has 1 aromatic heterocycles. The molecule has 0 bridgehead atoms. The van der Waals surface area contributed by atoms with E-state index in [4.69, 9.17) is 0 Å². The Bertz CT molecular complexity index is 799. The molecule has 0 unspecified atom stereocenters. The van der Waals surface area contributed by atoms with Crippen LogP contribution in [0.3, 0.4) is 0 Å². The second kappa shape index (κ2) is 6.71. The first-order valence-electron chi connectivity index (χ1n) is 7.27. The molecule has 3 aromatic rings. The van der Waals surface area contributed by atoms with Gasteiger partial charge in [0.1, 0.15) is 15.7 Å². The summed E-state index contributed by atoms with van der Waals surface area (Å²) in [5, 5.41) is 0.809. The lowest BCUT2D eigenvalue weighted by Gasteiger charge is -2.20. The number of benzene rings is 2. The van der Waals surface area contributed by atoms with E-state index in [0.717, 1.165) is 10.6 Å². The maximum absolute atomic E-state index is 13.1. The van der Waals surface area contributed by atoms with E-state index >= 15 is 0 Å². The molecule has 0 radical (unpaired) electrons. The number of thiazole rings is 1. The van der Waals surface area contributed by atoms with Crippen LogP contribution in [-0.4, -0.2) is 17.4 Å². The Kier molecular flexibility index (Phi) is 4.48. The average Bonchev–Trinajstić information content (AvgIpc) is 3.08. The van der Waals surface area contributed by atoms with Gasteiger partial charge in [0.2, 0.25) is 0 Å². The van der Waals surface area contributed by atoms with Crippen LogP contribution in [0, 0.1) is 5.82 Å². The molecule has 0 atom stereocenters. The standard InChI is InChI=1S/C18H15FN2OS/c1-2-21(15-10-8-14(19)9-11-15)18(22)16-12-20-17(23-16)13-6-4-3-5-7-13/h3-12H,2H2,1H3. The van der Waals surface area contributed by atoms with Gasteiger partial charge in [-0.3, -0.25) is 4.79 Å². The average molecular weight is 326 g/mol. The second-order valence-corrected chi connectivity index (χ2v) is 5.95. The molecule has 0 aliphatic carbocycles. The SMILES string of the molecule is CCN(C(=O)c1cnc(-c2ccccc2)s1)c1ccc(F)cc1. The molecule has 3 rings (SSSR count). The predicted molar refractivity (Wildman–Crippen MR) is 91.3 cm³/mol. The summed E-state index contributed by atoms with van der Waals surface area (Å²) in [6.07, 6.45) is 1.60. The maximum atomic E-state index is 13.1. The summed E-state index contributed by atoms with van der Waals surface area (Å²) in [4.78, 5) is 19.2. The van der Waals surface area contributed by atoms with E-state index in [-0.39, 0.29) is 11.7 Å². The van der Waals surface area contributed by atoms with Crippen LogP contribution in [0.4, 0.5) is 10.1 Å². The van der Waals surface area contributed by atoms with Gasteiger partial charge < -0.3 is 4.90 Å². The van der Waals surface area contributed by atoms with Crippen molar-refractivity contribution in [2.75, 3.05) is 11.4 Å². The van der Waals surface area contributed by atoms with Gasteiger partial charge in [0.15, 0.2) is 0 Å². The Hall–Kier alpha value is -2.53. The number of hydrogen-bond acceptors (Lipinski definition) is 3. The van der Waals surface area contributed by atoms with Gasteiger partial charge in [-0.1, -0.05) is 30.3 Å². The van der Waals surface area contributed by atoms with Crippen LogP contribution >= 0.6 is 11.3 Å². The molecule has 5 heteroatoms. The van der Waals surface area contributed by atoms with E-state index in [1.54, 1.807) is 23.2 Å². The molecule has 23 heavy (non-hydrogen) atoms. The molecule has 0 N–H and O–H groups in total. The highest BCUT2D eigenvalue weighted by molar-refractivity contribution is 7.17. The Balaban J connectivity index is 1.87. The fourth-order valence-corrected chi connectivity index (χ4v) is 3.16. The summed E-state index contributed by atoms with van der Waals surface area (Å²) in [6.45, 7) is 2.39. The zero-order chi connectivity index (χ0) is 16.2. The van der Waals surface area contributed by atoms with Gasteiger partial charge in [-0.25, -0.2) is 9.37 Å². The van der Waals surface area contributed by atoms with E-state index < -0.39 is 0 Å². The van der Waals surface area contributed by atoms with Crippen molar-refractivity contribution in [1.29, 1.82) is 0 Å². The number of nitrogens with zero attached hydrogens (tertiary/aromatic N) is 2. The van der Waals surface area contributed by atoms with Gasteiger partial charge in [-0.15, -0.1) is 11.3 Å². The number of halogens is 1. The fraction of sp³-hybridized carbons (Fsp3) is 0.111. The minimum absolute atomic E-state index is 0.126. The molecule has 2 aromatic carbocycles. The molecule has 0 saturated heterocycles. The van der Waals surface area contributed by atoms with Crippen molar-refractivity contribution < 1.29 is 9.18 Å². The minimum Gasteiger partial charge on any atom is -0.308 e. The molecule has 0 fully saturated rings. The van der Waals surface area contributed by atoms with Gasteiger partial charge in [0, 0.05) is 17.8 Å². The zero-order valence-electron chi connectivity index (χ0n) is 12.6. The van der Waals surface area contributed by atoms with Crippen LogP contribution < -0.4 is 4.90 Å². The van der Waals surface area contributed by atoms with Crippen LogP contribution in [0.25, 0.3) is 10.6 Å². The third-order valence-electron chi connectivity index (χ3n) is 3.44. The lowest BCUT2D eigenvalue weighted by molar-refractivity contribution is 0.0992. The van der Waals surface area contributed by atoms with Gasteiger partial charge in [0.25, 0.3) is 5.91 Å². The third kappa shape index (κ3) is 3.29. The molecule has 0 saturated carbocycles. The predicted octanol–water partition coefficient (Wildman–Crippen LogP) is 4.62. The summed E-state index contributed by atoms with van der Waals surface area (Å²) in [7, 11) is 0. The molecule has 0 spiro atoms. The minimum atomic E-state index is -0.318. The van der Waals surface area contributed by atoms with Crippen LogP contribution in [0.1, 0.15) is 16.6 Å². The Morgan fingerprint density at radius 2 is 1.83 bits per heavy atom. The molecule has 1 amide bonds. The lowest BCUT2D eigenvalue weighted by atomic mass is 10.2. The quantitative estimate of drug-likeness (QED) is 0.701. The van der Waals surface area contributed by atoms with Gasteiger partial charge in [-0.05, 0) is 31.2 Å². The second-order valence-electron chi connectivity index (χ2n) is 4.92. The number of aromatic nitrogens is 1. The molecule has 0 aliphatic heterocycles. The lowest BCUT2D eigenvalue weighted by Crippen LogP contribution is -2.29. The highest BCUT2D eigenvalue weighted by Gasteiger charge is 2.19. The number of carbonyl (C=O) groups is 1.